The Kier molecular flexibility index (Phi) is 5.50. The minimum atomic E-state index is -0.816. The first-order chi connectivity index (χ1) is 5.20. The van der Waals surface area contributed by atoms with Gasteiger partial charge in [0.05, 0.1) is 13.2 Å². The number of nitrogens with two attached hydrogens (primary N) is 1. The molecule has 66 valence electrons. The van der Waals surface area contributed by atoms with Crippen LogP contribution >= 0.6 is 0 Å². The molecule has 0 fully saturated rings. The third-order valence-electron chi connectivity index (χ3n) is 0.988. The van der Waals surface area contributed by atoms with E-state index in [0.717, 1.165) is 0 Å². The van der Waals surface area contributed by atoms with Gasteiger partial charge in [-0.05, 0) is 0 Å². The van der Waals surface area contributed by atoms with E-state index in [1.807, 2.05) is 0 Å². The second-order valence-electron chi connectivity index (χ2n) is 1.97. The van der Waals surface area contributed by atoms with Crippen LogP contribution in [0.25, 0.3) is 0 Å². The average Bonchev–Trinajstić information content (AvgIpc) is 1.87. The number of carbonyl (C=O) groups is 1. The summed E-state index contributed by atoms with van der Waals surface area (Å²) in [7, 11) is 3.01. The lowest BCUT2D eigenvalue weighted by atomic mass is 10.4. The molecule has 0 spiro atoms. The molecule has 5 heteroatoms. The third kappa shape index (κ3) is 5.63. The number of primary amides is 1. The molecule has 0 rings (SSSR count). The molecule has 0 aliphatic rings. The topological polar surface area (TPSA) is 70.8 Å². The summed E-state index contributed by atoms with van der Waals surface area (Å²) in [5, 5.41) is 0. The maximum absolute atomic E-state index is 10.2. The smallest absolute Gasteiger partial charge is 0.404 e. The average molecular weight is 163 g/mol. The summed E-state index contributed by atoms with van der Waals surface area (Å²) in [6.07, 6.45) is -1.23. The number of hydrogen-bond acceptors (Lipinski definition) is 4. The van der Waals surface area contributed by atoms with Gasteiger partial charge in [0.15, 0.2) is 6.10 Å². The van der Waals surface area contributed by atoms with Crippen molar-refractivity contribution in [2.45, 2.75) is 6.10 Å². The molecule has 0 heterocycles. The van der Waals surface area contributed by atoms with E-state index in [2.05, 4.69) is 4.74 Å². The fourth-order valence-corrected chi connectivity index (χ4v) is 0.652. The molecule has 0 saturated carbocycles. The van der Waals surface area contributed by atoms with E-state index >= 15 is 0 Å². The summed E-state index contributed by atoms with van der Waals surface area (Å²) in [6, 6.07) is 0. The Hall–Kier alpha value is -0.810. The molecule has 0 aromatic carbocycles. The van der Waals surface area contributed by atoms with Crippen molar-refractivity contribution >= 4 is 6.09 Å². The normalized spacial score (nSPS) is 10.1. The van der Waals surface area contributed by atoms with Crippen molar-refractivity contribution < 1.29 is 19.0 Å². The van der Waals surface area contributed by atoms with Crippen LogP contribution in [0.4, 0.5) is 4.79 Å². The van der Waals surface area contributed by atoms with Crippen molar-refractivity contribution in [3.8, 4) is 0 Å². The predicted molar refractivity (Wildman–Crippen MR) is 38.2 cm³/mol. The summed E-state index contributed by atoms with van der Waals surface area (Å²) >= 11 is 0. The maximum atomic E-state index is 10.2. The minimum absolute atomic E-state index is 0.288. The van der Waals surface area contributed by atoms with Crippen molar-refractivity contribution in [3.63, 3.8) is 0 Å². The van der Waals surface area contributed by atoms with Crippen LogP contribution in [-0.2, 0) is 14.2 Å². The summed E-state index contributed by atoms with van der Waals surface area (Å²) in [4.78, 5) is 10.2. The SMILES string of the molecule is COCC(COC)OC(N)=O. The Bertz CT molecular complexity index is 111. The van der Waals surface area contributed by atoms with Crippen molar-refractivity contribution in [2.24, 2.45) is 5.73 Å². The fraction of sp³-hybridized carbons (Fsp3) is 0.833. The zero-order valence-electron chi connectivity index (χ0n) is 6.70. The van der Waals surface area contributed by atoms with E-state index in [0.29, 0.717) is 0 Å². The number of ether oxygens (including phenoxy) is 3. The van der Waals surface area contributed by atoms with Gasteiger partial charge in [-0.2, -0.15) is 0 Å². The lowest BCUT2D eigenvalue weighted by Gasteiger charge is -2.13. The van der Waals surface area contributed by atoms with E-state index in [1.54, 1.807) is 0 Å². The summed E-state index contributed by atoms with van der Waals surface area (Å²) in [6.45, 7) is 0.577. The highest BCUT2D eigenvalue weighted by Gasteiger charge is 2.10. The summed E-state index contributed by atoms with van der Waals surface area (Å²) < 4.78 is 14.1. The first kappa shape index (κ1) is 10.2. The summed E-state index contributed by atoms with van der Waals surface area (Å²) in [5.41, 5.74) is 4.78. The molecular weight excluding hydrogens is 150 g/mol. The van der Waals surface area contributed by atoms with E-state index in [4.69, 9.17) is 15.2 Å². The maximum Gasteiger partial charge on any atom is 0.404 e. The first-order valence-electron chi connectivity index (χ1n) is 3.14. The van der Waals surface area contributed by atoms with Crippen LogP contribution in [0.15, 0.2) is 0 Å². The molecule has 0 bridgehead atoms. The Balaban J connectivity index is 3.59. The molecule has 0 aliphatic carbocycles. The molecule has 0 aromatic heterocycles. The van der Waals surface area contributed by atoms with E-state index in [9.17, 15) is 4.79 Å². The van der Waals surface area contributed by atoms with E-state index < -0.39 is 12.2 Å². The molecule has 0 saturated heterocycles. The monoisotopic (exact) mass is 163 g/mol. The Morgan fingerprint density at radius 1 is 1.36 bits per heavy atom. The van der Waals surface area contributed by atoms with E-state index in [-0.39, 0.29) is 13.2 Å². The largest absolute Gasteiger partial charge is 0.441 e. The molecule has 5 nitrogen and oxygen atoms in total. The lowest BCUT2D eigenvalue weighted by molar-refractivity contribution is -0.00115. The van der Waals surface area contributed by atoms with Crippen LogP contribution in [-0.4, -0.2) is 39.6 Å². The zero-order chi connectivity index (χ0) is 8.69. The lowest BCUT2D eigenvalue weighted by Crippen LogP contribution is -2.30. The van der Waals surface area contributed by atoms with Gasteiger partial charge in [0.2, 0.25) is 0 Å². The van der Waals surface area contributed by atoms with Gasteiger partial charge in [-0.3, -0.25) is 0 Å². The van der Waals surface area contributed by atoms with Gasteiger partial charge in [0, 0.05) is 14.2 Å². The molecule has 0 radical (unpaired) electrons. The molecule has 0 atom stereocenters. The number of carbonyl (C=O) groups excluding carboxylic acids is 1. The highest BCUT2D eigenvalue weighted by atomic mass is 16.6. The van der Waals surface area contributed by atoms with E-state index in [1.165, 1.54) is 14.2 Å². The Labute approximate surface area is 65.4 Å². The minimum Gasteiger partial charge on any atom is -0.441 e. The van der Waals surface area contributed by atoms with Gasteiger partial charge in [0.25, 0.3) is 0 Å². The third-order valence-corrected chi connectivity index (χ3v) is 0.988. The van der Waals surface area contributed by atoms with Crippen molar-refractivity contribution in [2.75, 3.05) is 27.4 Å². The Morgan fingerprint density at radius 2 is 1.82 bits per heavy atom. The first-order valence-corrected chi connectivity index (χ1v) is 3.14. The number of rotatable bonds is 5. The standard InChI is InChI=1S/C6H13NO4/c1-9-3-5(4-10-2)11-6(7)8/h5H,3-4H2,1-2H3,(H2,7,8). The highest BCUT2D eigenvalue weighted by molar-refractivity contribution is 5.64. The molecule has 2 N–H and O–H groups in total. The van der Waals surface area contributed by atoms with Gasteiger partial charge in [-0.15, -0.1) is 0 Å². The quantitative estimate of drug-likeness (QED) is 0.606. The van der Waals surface area contributed by atoms with Gasteiger partial charge in [-0.1, -0.05) is 0 Å². The number of hydrogen-bond donors (Lipinski definition) is 1. The highest BCUT2D eigenvalue weighted by Crippen LogP contribution is 1.92. The number of methoxy groups -OCH3 is 2. The van der Waals surface area contributed by atoms with Gasteiger partial charge < -0.3 is 19.9 Å². The van der Waals surface area contributed by atoms with Crippen molar-refractivity contribution in [1.29, 1.82) is 0 Å². The second-order valence-corrected chi connectivity index (χ2v) is 1.97. The molecule has 1 amide bonds. The molecule has 0 aromatic rings. The van der Waals surface area contributed by atoms with Crippen LogP contribution in [0.5, 0.6) is 0 Å². The van der Waals surface area contributed by atoms with Crippen LogP contribution in [0, 0.1) is 0 Å². The van der Waals surface area contributed by atoms with Crippen LogP contribution in [0.1, 0.15) is 0 Å². The van der Waals surface area contributed by atoms with Crippen LogP contribution in [0.2, 0.25) is 0 Å². The second kappa shape index (κ2) is 5.94. The molecule has 0 unspecified atom stereocenters. The van der Waals surface area contributed by atoms with Crippen LogP contribution < -0.4 is 5.73 Å². The fourth-order valence-electron chi connectivity index (χ4n) is 0.652. The summed E-state index contributed by atoms with van der Waals surface area (Å²) in [5.74, 6) is 0. The molecule has 0 aliphatic heterocycles. The van der Waals surface area contributed by atoms with Gasteiger partial charge in [-0.25, -0.2) is 4.79 Å². The van der Waals surface area contributed by atoms with Crippen molar-refractivity contribution in [3.05, 3.63) is 0 Å². The molecular formula is C6H13NO4. The molecule has 11 heavy (non-hydrogen) atoms. The van der Waals surface area contributed by atoms with Gasteiger partial charge >= 0.3 is 6.09 Å². The predicted octanol–water partition coefficient (Wildman–Crippen LogP) is -0.257. The number of amides is 1. The zero-order valence-corrected chi connectivity index (χ0v) is 6.70. The van der Waals surface area contributed by atoms with Crippen LogP contribution in [0.3, 0.4) is 0 Å². The Morgan fingerprint density at radius 3 is 2.09 bits per heavy atom. The van der Waals surface area contributed by atoms with Gasteiger partial charge in [0.1, 0.15) is 0 Å². The van der Waals surface area contributed by atoms with Crippen molar-refractivity contribution in [1.82, 2.24) is 0 Å².